The van der Waals surface area contributed by atoms with Crippen LogP contribution < -0.4 is 5.32 Å². The number of carbonyl (C=O) groups is 1. The van der Waals surface area contributed by atoms with Crippen LogP contribution in [0.3, 0.4) is 0 Å². The minimum Gasteiger partial charge on any atom is -0.353 e. The third kappa shape index (κ3) is 1.59. The van der Waals surface area contributed by atoms with E-state index in [1.54, 1.807) is 0 Å². The van der Waals surface area contributed by atoms with Crippen molar-refractivity contribution >= 4 is 5.91 Å². The molecule has 0 saturated heterocycles. The zero-order valence-corrected chi connectivity index (χ0v) is 6.64. The lowest BCUT2D eigenvalue weighted by Gasteiger charge is -2.06. The topological polar surface area (TPSA) is 29.1 Å². The summed E-state index contributed by atoms with van der Waals surface area (Å²) in [6, 6.07) is 0.259. The van der Waals surface area contributed by atoms with Crippen molar-refractivity contribution < 1.29 is 4.79 Å². The molecule has 1 unspecified atom stereocenters. The van der Waals surface area contributed by atoms with E-state index in [1.807, 2.05) is 26.8 Å². The Kier molecular flexibility index (Phi) is 1.79. The molecular formula is C8H13NO. The van der Waals surface area contributed by atoms with Gasteiger partial charge in [-0.1, -0.05) is 11.6 Å². The van der Waals surface area contributed by atoms with Gasteiger partial charge in [0.2, 0.25) is 5.91 Å². The predicted octanol–water partition coefficient (Wildman–Crippen LogP) is 1.09. The molecule has 1 amide bonds. The van der Waals surface area contributed by atoms with E-state index >= 15 is 0 Å². The van der Waals surface area contributed by atoms with Crippen LogP contribution in [0.25, 0.3) is 0 Å². The van der Waals surface area contributed by atoms with Crippen LogP contribution in [-0.4, -0.2) is 11.9 Å². The standard InChI is InChI=1S/C8H13NO/c1-5(2)9-8(10)7-4-6(7)3/h4-5,7H,1-3H3,(H,9,10). The van der Waals surface area contributed by atoms with E-state index in [-0.39, 0.29) is 17.9 Å². The molecule has 0 radical (unpaired) electrons. The number of nitrogens with one attached hydrogen (secondary N) is 1. The number of rotatable bonds is 2. The highest BCUT2D eigenvalue weighted by Crippen LogP contribution is 2.27. The lowest BCUT2D eigenvalue weighted by atomic mass is 10.2. The third-order valence-corrected chi connectivity index (χ3v) is 1.52. The Bertz CT molecular complexity index is 182. The first kappa shape index (κ1) is 7.32. The molecule has 0 saturated carbocycles. The van der Waals surface area contributed by atoms with Crippen LogP contribution in [0, 0.1) is 5.92 Å². The molecule has 0 aromatic carbocycles. The van der Waals surface area contributed by atoms with Gasteiger partial charge in [-0.05, 0) is 20.8 Å². The van der Waals surface area contributed by atoms with Gasteiger partial charge in [-0.15, -0.1) is 0 Å². The van der Waals surface area contributed by atoms with Gasteiger partial charge in [-0.2, -0.15) is 0 Å². The van der Waals surface area contributed by atoms with Gasteiger partial charge < -0.3 is 5.32 Å². The van der Waals surface area contributed by atoms with Gasteiger partial charge in [0.25, 0.3) is 0 Å². The molecule has 1 atom stereocenters. The van der Waals surface area contributed by atoms with Crippen LogP contribution in [0.2, 0.25) is 0 Å². The van der Waals surface area contributed by atoms with E-state index in [1.165, 1.54) is 5.57 Å². The summed E-state index contributed by atoms with van der Waals surface area (Å²) in [4.78, 5) is 11.1. The van der Waals surface area contributed by atoms with Crippen LogP contribution in [0.5, 0.6) is 0 Å². The molecule has 1 rings (SSSR count). The Hall–Kier alpha value is -0.790. The summed E-state index contributed by atoms with van der Waals surface area (Å²) in [5.74, 6) is 0.259. The van der Waals surface area contributed by atoms with Crippen LogP contribution in [0.15, 0.2) is 11.6 Å². The first-order valence-electron chi connectivity index (χ1n) is 3.60. The van der Waals surface area contributed by atoms with E-state index in [0.29, 0.717) is 0 Å². The van der Waals surface area contributed by atoms with Gasteiger partial charge in [0.15, 0.2) is 0 Å². The van der Waals surface area contributed by atoms with Crippen molar-refractivity contribution in [3.63, 3.8) is 0 Å². The Labute approximate surface area is 61.3 Å². The van der Waals surface area contributed by atoms with Crippen molar-refractivity contribution in [2.45, 2.75) is 26.8 Å². The van der Waals surface area contributed by atoms with Crippen LogP contribution in [0.4, 0.5) is 0 Å². The van der Waals surface area contributed by atoms with Crippen molar-refractivity contribution in [3.05, 3.63) is 11.6 Å². The second-order valence-electron chi connectivity index (χ2n) is 3.05. The normalized spacial score (nSPS) is 22.4. The minimum atomic E-state index is 0.113. The molecule has 2 heteroatoms. The molecule has 0 fully saturated rings. The summed E-state index contributed by atoms with van der Waals surface area (Å²) in [6.45, 7) is 5.91. The van der Waals surface area contributed by atoms with Crippen molar-refractivity contribution in [1.82, 2.24) is 5.32 Å². The summed E-state index contributed by atoms with van der Waals surface area (Å²) >= 11 is 0. The second kappa shape index (κ2) is 2.45. The molecule has 1 aliphatic rings. The molecule has 1 aliphatic carbocycles. The summed E-state index contributed by atoms with van der Waals surface area (Å²) < 4.78 is 0. The van der Waals surface area contributed by atoms with Gasteiger partial charge in [0, 0.05) is 6.04 Å². The molecule has 0 heterocycles. The SMILES string of the molecule is CC1=CC1C(=O)NC(C)C. The second-order valence-corrected chi connectivity index (χ2v) is 3.05. The fourth-order valence-electron chi connectivity index (χ4n) is 0.872. The van der Waals surface area contributed by atoms with E-state index in [2.05, 4.69) is 5.32 Å². The van der Waals surface area contributed by atoms with Gasteiger partial charge in [0.1, 0.15) is 0 Å². The molecule has 2 nitrogen and oxygen atoms in total. The zero-order valence-electron chi connectivity index (χ0n) is 6.64. The summed E-state index contributed by atoms with van der Waals surface area (Å²) in [5.41, 5.74) is 1.19. The smallest absolute Gasteiger partial charge is 0.231 e. The number of hydrogen-bond donors (Lipinski definition) is 1. The van der Waals surface area contributed by atoms with Gasteiger partial charge in [-0.25, -0.2) is 0 Å². The van der Waals surface area contributed by atoms with E-state index in [0.717, 1.165) is 0 Å². The maximum absolute atomic E-state index is 11.1. The predicted molar refractivity (Wildman–Crippen MR) is 40.5 cm³/mol. The summed E-state index contributed by atoms with van der Waals surface area (Å²) in [6.07, 6.45) is 1.97. The Balaban J connectivity index is 2.25. The quantitative estimate of drug-likeness (QED) is 0.570. The van der Waals surface area contributed by atoms with Crippen LogP contribution in [-0.2, 0) is 4.79 Å². The highest BCUT2D eigenvalue weighted by Gasteiger charge is 2.27. The van der Waals surface area contributed by atoms with Crippen molar-refractivity contribution in [2.75, 3.05) is 0 Å². The lowest BCUT2D eigenvalue weighted by Crippen LogP contribution is -2.31. The first-order chi connectivity index (χ1) is 4.61. The number of hydrogen-bond acceptors (Lipinski definition) is 1. The van der Waals surface area contributed by atoms with E-state index in [4.69, 9.17) is 0 Å². The molecule has 0 spiro atoms. The van der Waals surface area contributed by atoms with E-state index in [9.17, 15) is 4.79 Å². The van der Waals surface area contributed by atoms with Gasteiger partial charge >= 0.3 is 0 Å². The molecule has 10 heavy (non-hydrogen) atoms. The number of carbonyl (C=O) groups excluding carboxylic acids is 1. The van der Waals surface area contributed by atoms with Crippen molar-refractivity contribution in [1.29, 1.82) is 0 Å². The van der Waals surface area contributed by atoms with Crippen LogP contribution >= 0.6 is 0 Å². The maximum Gasteiger partial charge on any atom is 0.231 e. The zero-order chi connectivity index (χ0) is 7.72. The third-order valence-electron chi connectivity index (χ3n) is 1.52. The highest BCUT2D eigenvalue weighted by molar-refractivity contribution is 5.87. The Morgan fingerprint density at radius 2 is 2.20 bits per heavy atom. The Morgan fingerprint density at radius 3 is 2.50 bits per heavy atom. The van der Waals surface area contributed by atoms with Crippen molar-refractivity contribution in [3.8, 4) is 0 Å². The number of amides is 1. The molecule has 0 aromatic heterocycles. The fraction of sp³-hybridized carbons (Fsp3) is 0.625. The molecule has 0 bridgehead atoms. The minimum absolute atomic E-state index is 0.113. The molecule has 0 aromatic rings. The van der Waals surface area contributed by atoms with Crippen LogP contribution in [0.1, 0.15) is 20.8 Å². The Morgan fingerprint density at radius 1 is 1.70 bits per heavy atom. The molecular weight excluding hydrogens is 126 g/mol. The summed E-state index contributed by atoms with van der Waals surface area (Å²) in [7, 11) is 0. The first-order valence-corrected chi connectivity index (χ1v) is 3.60. The van der Waals surface area contributed by atoms with E-state index < -0.39 is 0 Å². The maximum atomic E-state index is 11.1. The molecule has 1 N–H and O–H groups in total. The molecule has 0 aliphatic heterocycles. The monoisotopic (exact) mass is 139 g/mol. The van der Waals surface area contributed by atoms with Gasteiger partial charge in [0.05, 0.1) is 5.92 Å². The van der Waals surface area contributed by atoms with Crippen molar-refractivity contribution in [2.24, 2.45) is 5.92 Å². The summed E-state index contributed by atoms with van der Waals surface area (Å²) in [5, 5.41) is 2.84. The van der Waals surface area contributed by atoms with Gasteiger partial charge in [-0.3, -0.25) is 4.79 Å². The highest BCUT2D eigenvalue weighted by atomic mass is 16.2. The average Bonchev–Trinajstić information content (AvgIpc) is 2.44. The average molecular weight is 139 g/mol. The lowest BCUT2D eigenvalue weighted by molar-refractivity contribution is -0.122. The fourth-order valence-corrected chi connectivity index (χ4v) is 0.872. The molecule has 56 valence electrons. The largest absolute Gasteiger partial charge is 0.353 e.